The number of benzene rings is 1. The summed E-state index contributed by atoms with van der Waals surface area (Å²) < 4.78 is 0.971. The van der Waals surface area contributed by atoms with E-state index in [1.807, 2.05) is 32.0 Å². The molecule has 2 amide bonds. The largest absolute Gasteiger partial charge is 0.311 e. The van der Waals surface area contributed by atoms with Crippen molar-refractivity contribution in [3.05, 3.63) is 39.3 Å². The normalized spacial score (nSPS) is 17.6. The van der Waals surface area contributed by atoms with Gasteiger partial charge in [0, 0.05) is 34.2 Å². The van der Waals surface area contributed by atoms with Crippen molar-refractivity contribution in [3.8, 4) is 0 Å². The average molecular weight is 394 g/mol. The summed E-state index contributed by atoms with van der Waals surface area (Å²) in [5, 5.41) is 3.38. The third kappa shape index (κ3) is 3.45. The standard InChI is InChI=1S/C16H16BrN3O2S/c1-9-5-12(17)3-4-13(9)20-8-11(6-14(20)21)15(22)19-16-18-7-10(2)23-16/h3-5,7,11H,6,8H2,1-2H3,(H,18,19,22)/t11-/m1/s1. The van der Waals surface area contributed by atoms with E-state index in [0.29, 0.717) is 11.7 Å². The second-order valence-electron chi connectivity index (χ2n) is 5.60. The smallest absolute Gasteiger partial charge is 0.231 e. The predicted octanol–water partition coefficient (Wildman–Crippen LogP) is 3.51. The molecule has 5 nitrogen and oxygen atoms in total. The summed E-state index contributed by atoms with van der Waals surface area (Å²) in [6.45, 7) is 4.29. The first kappa shape index (κ1) is 16.1. The minimum Gasteiger partial charge on any atom is -0.311 e. The van der Waals surface area contributed by atoms with Crippen molar-refractivity contribution in [3.63, 3.8) is 0 Å². The maximum absolute atomic E-state index is 12.4. The number of carbonyl (C=O) groups is 2. The van der Waals surface area contributed by atoms with E-state index in [2.05, 4.69) is 26.2 Å². The van der Waals surface area contributed by atoms with E-state index in [1.54, 1.807) is 11.1 Å². The minimum absolute atomic E-state index is 0.0223. The van der Waals surface area contributed by atoms with Gasteiger partial charge in [0.2, 0.25) is 11.8 Å². The Kier molecular flexibility index (Phi) is 4.50. The molecule has 1 saturated heterocycles. The SMILES string of the molecule is Cc1cnc(NC(=O)[C@@H]2CC(=O)N(c3ccc(Br)cc3C)C2)s1. The summed E-state index contributed by atoms with van der Waals surface area (Å²) >= 11 is 4.85. The van der Waals surface area contributed by atoms with Gasteiger partial charge in [0.05, 0.1) is 5.92 Å². The Hall–Kier alpha value is -1.73. The summed E-state index contributed by atoms with van der Waals surface area (Å²) in [5.41, 5.74) is 1.86. The maximum atomic E-state index is 12.4. The molecular formula is C16H16BrN3O2S. The first-order valence-electron chi connectivity index (χ1n) is 7.24. The van der Waals surface area contributed by atoms with Crippen LogP contribution in [0.1, 0.15) is 16.9 Å². The van der Waals surface area contributed by atoms with Gasteiger partial charge in [-0.25, -0.2) is 4.98 Å². The Morgan fingerprint density at radius 2 is 2.22 bits per heavy atom. The van der Waals surface area contributed by atoms with Crippen LogP contribution in [0.25, 0.3) is 0 Å². The predicted molar refractivity (Wildman–Crippen MR) is 94.8 cm³/mol. The Bertz CT molecular complexity index is 774. The number of hydrogen-bond acceptors (Lipinski definition) is 4. The highest BCUT2D eigenvalue weighted by Gasteiger charge is 2.35. The van der Waals surface area contributed by atoms with Crippen molar-refractivity contribution in [2.24, 2.45) is 5.92 Å². The van der Waals surface area contributed by atoms with Gasteiger partial charge in [-0.15, -0.1) is 11.3 Å². The fourth-order valence-corrected chi connectivity index (χ4v) is 3.80. The number of halogens is 1. The molecule has 0 aliphatic carbocycles. The van der Waals surface area contributed by atoms with Gasteiger partial charge in [0.15, 0.2) is 5.13 Å². The van der Waals surface area contributed by atoms with Crippen molar-refractivity contribution in [2.45, 2.75) is 20.3 Å². The molecular weight excluding hydrogens is 378 g/mol. The molecule has 1 aromatic carbocycles. The molecule has 1 aromatic heterocycles. The van der Waals surface area contributed by atoms with Gasteiger partial charge in [-0.1, -0.05) is 15.9 Å². The van der Waals surface area contributed by atoms with E-state index < -0.39 is 0 Å². The number of thiazole rings is 1. The quantitative estimate of drug-likeness (QED) is 0.867. The summed E-state index contributed by atoms with van der Waals surface area (Å²) in [6.07, 6.45) is 1.95. The van der Waals surface area contributed by atoms with Crippen LogP contribution in [-0.4, -0.2) is 23.3 Å². The lowest BCUT2D eigenvalue weighted by atomic mass is 10.1. The van der Waals surface area contributed by atoms with E-state index >= 15 is 0 Å². The molecule has 0 saturated carbocycles. The van der Waals surface area contributed by atoms with Gasteiger partial charge < -0.3 is 10.2 Å². The van der Waals surface area contributed by atoms with E-state index in [1.165, 1.54) is 11.3 Å². The average Bonchev–Trinajstić information content (AvgIpc) is 3.05. The lowest BCUT2D eigenvalue weighted by molar-refractivity contribution is -0.122. The number of nitrogens with zero attached hydrogens (tertiary/aromatic N) is 2. The highest BCUT2D eigenvalue weighted by Crippen LogP contribution is 2.30. The number of anilines is 2. The molecule has 1 aliphatic rings. The number of carbonyl (C=O) groups excluding carboxylic acids is 2. The molecule has 0 spiro atoms. The van der Waals surface area contributed by atoms with Gasteiger partial charge in [-0.2, -0.15) is 0 Å². The second kappa shape index (κ2) is 6.41. The molecule has 23 heavy (non-hydrogen) atoms. The van der Waals surface area contributed by atoms with Crippen molar-refractivity contribution in [2.75, 3.05) is 16.8 Å². The molecule has 1 N–H and O–H groups in total. The van der Waals surface area contributed by atoms with Crippen LogP contribution in [0.4, 0.5) is 10.8 Å². The summed E-state index contributed by atoms with van der Waals surface area (Å²) in [7, 11) is 0. The van der Waals surface area contributed by atoms with Gasteiger partial charge in [-0.3, -0.25) is 9.59 Å². The Morgan fingerprint density at radius 3 is 2.87 bits per heavy atom. The molecule has 1 fully saturated rings. The summed E-state index contributed by atoms with van der Waals surface area (Å²) in [4.78, 5) is 31.5. The van der Waals surface area contributed by atoms with Crippen molar-refractivity contribution >= 4 is 49.9 Å². The third-order valence-electron chi connectivity index (χ3n) is 3.80. The van der Waals surface area contributed by atoms with E-state index in [9.17, 15) is 9.59 Å². The van der Waals surface area contributed by atoms with Crippen LogP contribution in [-0.2, 0) is 9.59 Å². The van der Waals surface area contributed by atoms with Crippen molar-refractivity contribution < 1.29 is 9.59 Å². The zero-order valence-corrected chi connectivity index (χ0v) is 15.2. The lowest BCUT2D eigenvalue weighted by Gasteiger charge is -2.19. The zero-order chi connectivity index (χ0) is 16.6. The van der Waals surface area contributed by atoms with E-state index in [4.69, 9.17) is 0 Å². The maximum Gasteiger partial charge on any atom is 0.231 e. The van der Waals surface area contributed by atoms with Crippen LogP contribution in [0.15, 0.2) is 28.9 Å². The molecule has 7 heteroatoms. The lowest BCUT2D eigenvalue weighted by Crippen LogP contribution is -2.28. The fourth-order valence-electron chi connectivity index (χ4n) is 2.66. The molecule has 0 radical (unpaired) electrons. The molecule has 2 aromatic rings. The van der Waals surface area contributed by atoms with Crippen LogP contribution < -0.4 is 10.2 Å². The van der Waals surface area contributed by atoms with Crippen LogP contribution >= 0.6 is 27.3 Å². The highest BCUT2D eigenvalue weighted by atomic mass is 79.9. The Morgan fingerprint density at radius 1 is 1.43 bits per heavy atom. The van der Waals surface area contributed by atoms with Crippen LogP contribution in [0, 0.1) is 19.8 Å². The fraction of sp³-hybridized carbons (Fsp3) is 0.312. The summed E-state index contributed by atoms with van der Waals surface area (Å²) in [5.74, 6) is -0.523. The van der Waals surface area contributed by atoms with Gasteiger partial charge >= 0.3 is 0 Å². The van der Waals surface area contributed by atoms with Crippen molar-refractivity contribution in [1.82, 2.24) is 4.98 Å². The van der Waals surface area contributed by atoms with E-state index in [-0.39, 0.29) is 24.2 Å². The molecule has 120 valence electrons. The van der Waals surface area contributed by atoms with Gasteiger partial charge in [0.1, 0.15) is 0 Å². The van der Waals surface area contributed by atoms with Crippen LogP contribution in [0.3, 0.4) is 0 Å². The molecule has 0 bridgehead atoms. The number of amides is 2. The minimum atomic E-state index is -0.352. The molecule has 2 heterocycles. The van der Waals surface area contributed by atoms with Crippen LogP contribution in [0.2, 0.25) is 0 Å². The number of aromatic nitrogens is 1. The second-order valence-corrected chi connectivity index (χ2v) is 7.75. The van der Waals surface area contributed by atoms with Crippen LogP contribution in [0.5, 0.6) is 0 Å². The number of rotatable bonds is 3. The number of hydrogen-bond donors (Lipinski definition) is 1. The molecule has 0 unspecified atom stereocenters. The summed E-state index contributed by atoms with van der Waals surface area (Å²) in [6, 6.07) is 5.78. The molecule has 3 rings (SSSR count). The molecule has 1 atom stereocenters. The first-order valence-corrected chi connectivity index (χ1v) is 8.85. The third-order valence-corrected chi connectivity index (χ3v) is 5.12. The Balaban J connectivity index is 1.73. The van der Waals surface area contributed by atoms with Gasteiger partial charge in [0.25, 0.3) is 0 Å². The first-order chi connectivity index (χ1) is 10.9. The van der Waals surface area contributed by atoms with Crippen molar-refractivity contribution in [1.29, 1.82) is 0 Å². The molecule has 1 aliphatic heterocycles. The van der Waals surface area contributed by atoms with Gasteiger partial charge in [-0.05, 0) is 37.6 Å². The Labute approximate surface area is 146 Å². The number of nitrogens with one attached hydrogen (secondary N) is 1. The monoisotopic (exact) mass is 393 g/mol. The van der Waals surface area contributed by atoms with E-state index in [0.717, 1.165) is 20.6 Å². The number of aryl methyl sites for hydroxylation is 2. The highest BCUT2D eigenvalue weighted by molar-refractivity contribution is 9.10. The zero-order valence-electron chi connectivity index (χ0n) is 12.8. The topological polar surface area (TPSA) is 62.3 Å².